The molecule has 126 valence electrons. The van der Waals surface area contributed by atoms with Crippen molar-refractivity contribution < 1.29 is 9.59 Å². The molecule has 0 unspecified atom stereocenters. The van der Waals surface area contributed by atoms with Crippen LogP contribution >= 0.6 is 23.4 Å². The molecule has 0 radical (unpaired) electrons. The van der Waals surface area contributed by atoms with E-state index in [0.717, 1.165) is 4.90 Å². The van der Waals surface area contributed by atoms with Gasteiger partial charge < -0.3 is 10.2 Å². The summed E-state index contributed by atoms with van der Waals surface area (Å²) in [7, 11) is 3.33. The number of nitrogens with one attached hydrogen (secondary N) is 1. The second-order valence-electron chi connectivity index (χ2n) is 5.35. The summed E-state index contributed by atoms with van der Waals surface area (Å²) < 4.78 is 0. The summed E-state index contributed by atoms with van der Waals surface area (Å²) in [4.78, 5) is 26.5. The van der Waals surface area contributed by atoms with Crippen LogP contribution in [0.3, 0.4) is 0 Å². The molecule has 0 saturated heterocycles. The number of rotatable bonds is 6. The van der Waals surface area contributed by atoms with E-state index in [1.165, 1.54) is 4.90 Å². The minimum Gasteiger partial charge on any atom is -0.345 e. The number of carbonyl (C=O) groups is 2. The van der Waals surface area contributed by atoms with Gasteiger partial charge in [-0.1, -0.05) is 29.8 Å². The van der Waals surface area contributed by atoms with Gasteiger partial charge in [0.25, 0.3) is 5.91 Å². The van der Waals surface area contributed by atoms with E-state index in [1.54, 1.807) is 44.1 Å². The Bertz CT molecular complexity index is 720. The molecule has 0 spiro atoms. The second-order valence-corrected chi connectivity index (χ2v) is 6.93. The van der Waals surface area contributed by atoms with Crippen LogP contribution in [-0.2, 0) is 4.79 Å². The van der Waals surface area contributed by atoms with Crippen molar-refractivity contribution in [1.29, 1.82) is 0 Å². The molecule has 0 atom stereocenters. The van der Waals surface area contributed by atoms with Gasteiger partial charge in [0.2, 0.25) is 5.91 Å². The fourth-order valence-corrected chi connectivity index (χ4v) is 3.14. The van der Waals surface area contributed by atoms with Gasteiger partial charge in [-0.2, -0.15) is 0 Å². The highest BCUT2D eigenvalue weighted by atomic mass is 35.5. The Labute approximate surface area is 151 Å². The predicted octanol–water partition coefficient (Wildman–Crippen LogP) is 4.16. The minimum atomic E-state index is -0.169. The minimum absolute atomic E-state index is 0.0822. The van der Waals surface area contributed by atoms with E-state index in [4.69, 9.17) is 11.6 Å². The number of anilines is 1. The molecule has 0 aliphatic rings. The quantitative estimate of drug-likeness (QED) is 0.785. The highest BCUT2D eigenvalue weighted by molar-refractivity contribution is 7.99. The van der Waals surface area contributed by atoms with Crippen LogP contribution in [0, 0.1) is 0 Å². The zero-order chi connectivity index (χ0) is 17.5. The fraction of sp³-hybridized carbons (Fsp3) is 0.222. The largest absolute Gasteiger partial charge is 0.345 e. The molecule has 4 nitrogen and oxygen atoms in total. The number of amides is 2. The molecular formula is C18H19ClN2O2S. The fourth-order valence-electron chi connectivity index (χ4n) is 2.01. The topological polar surface area (TPSA) is 49.4 Å². The van der Waals surface area contributed by atoms with Gasteiger partial charge >= 0.3 is 0 Å². The van der Waals surface area contributed by atoms with Gasteiger partial charge in [0.1, 0.15) is 0 Å². The summed E-state index contributed by atoms with van der Waals surface area (Å²) >= 11 is 7.77. The lowest BCUT2D eigenvalue weighted by molar-refractivity contribution is -0.115. The monoisotopic (exact) mass is 362 g/mol. The van der Waals surface area contributed by atoms with Gasteiger partial charge in [-0.3, -0.25) is 9.59 Å². The molecular weight excluding hydrogens is 344 g/mol. The lowest BCUT2D eigenvalue weighted by atomic mass is 10.2. The van der Waals surface area contributed by atoms with Crippen LogP contribution < -0.4 is 5.32 Å². The van der Waals surface area contributed by atoms with Gasteiger partial charge in [0.15, 0.2) is 0 Å². The van der Waals surface area contributed by atoms with Crippen LogP contribution in [0.4, 0.5) is 5.69 Å². The van der Waals surface area contributed by atoms with Gasteiger partial charge in [-0.05, 0) is 30.3 Å². The Hall–Kier alpha value is -1.98. The van der Waals surface area contributed by atoms with Crippen LogP contribution in [0.15, 0.2) is 53.4 Å². The third-order valence-electron chi connectivity index (χ3n) is 3.23. The van der Waals surface area contributed by atoms with E-state index in [-0.39, 0.29) is 11.8 Å². The standard InChI is InChI=1S/C18H19ClN2O2S/c1-21(2)18(23)15-9-8-13(12-16(15)19)20-17(22)10-11-24-14-6-4-3-5-7-14/h3-9,12H,10-11H2,1-2H3,(H,20,22). The molecule has 2 amide bonds. The molecule has 1 N–H and O–H groups in total. The summed E-state index contributed by atoms with van der Waals surface area (Å²) in [5.74, 6) is 0.444. The lowest BCUT2D eigenvalue weighted by Gasteiger charge is -2.12. The lowest BCUT2D eigenvalue weighted by Crippen LogP contribution is -2.22. The summed E-state index contributed by atoms with van der Waals surface area (Å²) in [6.45, 7) is 0. The van der Waals surface area contributed by atoms with E-state index < -0.39 is 0 Å². The first-order valence-electron chi connectivity index (χ1n) is 7.46. The Morgan fingerprint density at radius 1 is 1.12 bits per heavy atom. The molecule has 0 saturated carbocycles. The molecule has 2 aromatic carbocycles. The van der Waals surface area contributed by atoms with E-state index in [2.05, 4.69) is 5.32 Å². The van der Waals surface area contributed by atoms with Crippen LogP contribution in [-0.4, -0.2) is 36.6 Å². The maximum atomic E-state index is 12.0. The van der Waals surface area contributed by atoms with Crippen molar-refractivity contribution in [2.45, 2.75) is 11.3 Å². The molecule has 24 heavy (non-hydrogen) atoms. The van der Waals surface area contributed by atoms with Crippen LogP contribution in [0.2, 0.25) is 5.02 Å². The molecule has 0 aliphatic heterocycles. The first kappa shape index (κ1) is 18.4. The number of hydrogen-bond acceptors (Lipinski definition) is 3. The van der Waals surface area contributed by atoms with Crippen molar-refractivity contribution in [3.63, 3.8) is 0 Å². The normalized spacial score (nSPS) is 10.3. The number of carbonyl (C=O) groups excluding carboxylic acids is 2. The number of benzene rings is 2. The third kappa shape index (κ3) is 5.28. The van der Waals surface area contributed by atoms with Crippen molar-refractivity contribution in [1.82, 2.24) is 4.90 Å². The highest BCUT2D eigenvalue weighted by Crippen LogP contribution is 2.23. The van der Waals surface area contributed by atoms with E-state index >= 15 is 0 Å². The predicted molar refractivity (Wildman–Crippen MR) is 99.9 cm³/mol. The van der Waals surface area contributed by atoms with E-state index in [1.807, 2.05) is 30.3 Å². The molecule has 0 fully saturated rings. The van der Waals surface area contributed by atoms with E-state index in [0.29, 0.717) is 28.4 Å². The molecule has 0 aliphatic carbocycles. The van der Waals surface area contributed by atoms with Gasteiger partial charge in [0.05, 0.1) is 10.6 Å². The first-order valence-corrected chi connectivity index (χ1v) is 8.82. The molecule has 0 aromatic heterocycles. The average Bonchev–Trinajstić information content (AvgIpc) is 2.55. The molecule has 0 bridgehead atoms. The SMILES string of the molecule is CN(C)C(=O)c1ccc(NC(=O)CCSc2ccccc2)cc1Cl. The van der Waals surface area contributed by atoms with Gasteiger partial charge in [0, 0.05) is 36.9 Å². The summed E-state index contributed by atoms with van der Waals surface area (Å²) in [5, 5.41) is 3.13. The summed E-state index contributed by atoms with van der Waals surface area (Å²) in [6, 6.07) is 14.9. The Morgan fingerprint density at radius 2 is 1.83 bits per heavy atom. The van der Waals surface area contributed by atoms with Crippen LogP contribution in [0.25, 0.3) is 0 Å². The zero-order valence-corrected chi connectivity index (χ0v) is 15.2. The van der Waals surface area contributed by atoms with Crippen molar-refractivity contribution >= 4 is 40.9 Å². The average molecular weight is 363 g/mol. The number of thioether (sulfide) groups is 1. The summed E-state index contributed by atoms with van der Waals surface area (Å²) in [5.41, 5.74) is 1.00. The number of hydrogen-bond donors (Lipinski definition) is 1. The molecule has 2 aromatic rings. The van der Waals surface area contributed by atoms with Crippen molar-refractivity contribution in [2.24, 2.45) is 0 Å². The van der Waals surface area contributed by atoms with E-state index in [9.17, 15) is 9.59 Å². The maximum Gasteiger partial charge on any atom is 0.254 e. The number of nitrogens with zero attached hydrogens (tertiary/aromatic N) is 1. The maximum absolute atomic E-state index is 12.0. The van der Waals surface area contributed by atoms with Crippen molar-refractivity contribution in [3.05, 3.63) is 59.1 Å². The first-order chi connectivity index (χ1) is 11.5. The zero-order valence-electron chi connectivity index (χ0n) is 13.6. The van der Waals surface area contributed by atoms with Gasteiger partial charge in [-0.25, -0.2) is 0 Å². The highest BCUT2D eigenvalue weighted by Gasteiger charge is 2.13. The van der Waals surface area contributed by atoms with Crippen molar-refractivity contribution in [2.75, 3.05) is 25.2 Å². The molecule has 2 rings (SSSR count). The Morgan fingerprint density at radius 3 is 2.46 bits per heavy atom. The van der Waals surface area contributed by atoms with Crippen LogP contribution in [0.1, 0.15) is 16.8 Å². The second kappa shape index (κ2) is 8.76. The van der Waals surface area contributed by atoms with Crippen LogP contribution in [0.5, 0.6) is 0 Å². The van der Waals surface area contributed by atoms with Crippen molar-refractivity contribution in [3.8, 4) is 0 Å². The Balaban J connectivity index is 1.87. The third-order valence-corrected chi connectivity index (χ3v) is 4.56. The Kier molecular flexibility index (Phi) is 6.70. The molecule has 0 heterocycles. The number of halogens is 1. The summed E-state index contributed by atoms with van der Waals surface area (Å²) in [6.07, 6.45) is 0.398. The van der Waals surface area contributed by atoms with Gasteiger partial charge in [-0.15, -0.1) is 11.8 Å². The smallest absolute Gasteiger partial charge is 0.254 e. The molecule has 6 heteroatoms.